The molecule has 5 rings (SSSR count). The first-order chi connectivity index (χ1) is 16.4. The normalized spacial score (nSPS) is 11.4. The van der Waals surface area contributed by atoms with Crippen molar-refractivity contribution in [2.24, 2.45) is 4.99 Å². The van der Waals surface area contributed by atoms with Gasteiger partial charge in [-0.2, -0.15) is 0 Å². The fourth-order valence-corrected chi connectivity index (χ4v) is 3.55. The standard InChI is InChI=1S/C24H14N4O6/c29-23-17(10-19(27(30)31)12-21(23)28(32)33)13-25-18-7-8-22-20(11-18)26-24(34-22)16-6-5-14-3-1-2-4-15(14)9-16/h1-13,29H. The van der Waals surface area contributed by atoms with Gasteiger partial charge in [-0.3, -0.25) is 25.2 Å². The van der Waals surface area contributed by atoms with E-state index >= 15 is 0 Å². The summed E-state index contributed by atoms with van der Waals surface area (Å²) in [6.45, 7) is 0. The lowest BCUT2D eigenvalue weighted by Gasteiger charge is -2.01. The summed E-state index contributed by atoms with van der Waals surface area (Å²) in [4.78, 5) is 29.3. The molecule has 1 heterocycles. The van der Waals surface area contributed by atoms with Crippen LogP contribution in [-0.4, -0.2) is 26.2 Å². The molecule has 5 aromatic rings. The highest BCUT2D eigenvalue weighted by Gasteiger charge is 2.23. The van der Waals surface area contributed by atoms with E-state index in [-0.39, 0.29) is 5.56 Å². The lowest BCUT2D eigenvalue weighted by molar-refractivity contribution is -0.394. The van der Waals surface area contributed by atoms with Crippen LogP contribution in [0.4, 0.5) is 17.1 Å². The van der Waals surface area contributed by atoms with Crippen molar-refractivity contribution in [3.8, 4) is 17.2 Å². The van der Waals surface area contributed by atoms with Crippen molar-refractivity contribution in [2.75, 3.05) is 0 Å². The number of hydrogen-bond acceptors (Lipinski definition) is 8. The number of fused-ring (bicyclic) bond motifs is 2. The fourth-order valence-electron chi connectivity index (χ4n) is 3.55. The maximum atomic E-state index is 11.1. The maximum Gasteiger partial charge on any atom is 0.318 e. The van der Waals surface area contributed by atoms with E-state index < -0.39 is 27.0 Å². The summed E-state index contributed by atoms with van der Waals surface area (Å²) in [7, 11) is 0. The summed E-state index contributed by atoms with van der Waals surface area (Å²) in [5, 5.41) is 34.5. The summed E-state index contributed by atoms with van der Waals surface area (Å²) in [5.74, 6) is -0.269. The number of aliphatic imine (C=N–C) groups is 1. The first kappa shape index (κ1) is 20.8. The molecule has 10 nitrogen and oxygen atoms in total. The minimum absolute atomic E-state index is 0.155. The maximum absolute atomic E-state index is 11.1. The molecular weight excluding hydrogens is 440 g/mol. The largest absolute Gasteiger partial charge is 0.502 e. The number of aromatic nitrogens is 1. The van der Waals surface area contributed by atoms with Gasteiger partial charge < -0.3 is 9.52 Å². The van der Waals surface area contributed by atoms with Crippen molar-refractivity contribution in [3.63, 3.8) is 0 Å². The minimum Gasteiger partial charge on any atom is -0.502 e. The van der Waals surface area contributed by atoms with Crippen molar-refractivity contribution in [1.82, 2.24) is 4.98 Å². The zero-order valence-electron chi connectivity index (χ0n) is 17.3. The van der Waals surface area contributed by atoms with Crippen molar-refractivity contribution in [2.45, 2.75) is 0 Å². The number of hydrogen-bond donors (Lipinski definition) is 1. The molecular formula is C24H14N4O6. The van der Waals surface area contributed by atoms with E-state index in [2.05, 4.69) is 9.98 Å². The molecule has 0 fully saturated rings. The monoisotopic (exact) mass is 454 g/mol. The third kappa shape index (κ3) is 3.79. The molecule has 0 spiro atoms. The van der Waals surface area contributed by atoms with Gasteiger partial charge in [-0.1, -0.05) is 30.3 Å². The van der Waals surface area contributed by atoms with E-state index in [0.717, 1.165) is 28.6 Å². The second-order valence-electron chi connectivity index (χ2n) is 7.41. The fraction of sp³-hybridized carbons (Fsp3) is 0. The quantitative estimate of drug-likeness (QED) is 0.197. The Morgan fingerprint density at radius 3 is 2.47 bits per heavy atom. The van der Waals surface area contributed by atoms with E-state index in [0.29, 0.717) is 28.7 Å². The predicted molar refractivity (Wildman–Crippen MR) is 126 cm³/mol. The number of nitro benzene ring substituents is 2. The Hall–Kier alpha value is -5.12. The zero-order valence-corrected chi connectivity index (χ0v) is 17.3. The van der Waals surface area contributed by atoms with Crippen LogP contribution in [0.25, 0.3) is 33.3 Å². The third-order valence-electron chi connectivity index (χ3n) is 5.23. The summed E-state index contributed by atoms with van der Waals surface area (Å²) in [6.07, 6.45) is 1.13. The van der Waals surface area contributed by atoms with Gasteiger partial charge in [-0.05, 0) is 41.1 Å². The number of benzene rings is 4. The number of nitrogens with zero attached hydrogens (tertiary/aromatic N) is 4. The molecule has 1 N–H and O–H groups in total. The highest BCUT2D eigenvalue weighted by atomic mass is 16.6. The lowest BCUT2D eigenvalue weighted by atomic mass is 10.1. The molecule has 0 saturated heterocycles. The van der Waals surface area contributed by atoms with E-state index in [1.165, 1.54) is 0 Å². The van der Waals surface area contributed by atoms with Crippen LogP contribution in [0.1, 0.15) is 5.56 Å². The van der Waals surface area contributed by atoms with Gasteiger partial charge >= 0.3 is 5.69 Å². The number of phenolic OH excluding ortho intramolecular Hbond substituents is 1. The predicted octanol–water partition coefficient (Wildman–Crippen LogP) is 5.92. The Kier molecular flexibility index (Phi) is 4.94. The second kappa shape index (κ2) is 8.10. The topological polar surface area (TPSA) is 145 Å². The highest BCUT2D eigenvalue weighted by Crippen LogP contribution is 2.34. The number of non-ortho nitro benzene ring substituents is 1. The van der Waals surface area contributed by atoms with Crippen molar-refractivity contribution in [3.05, 3.63) is 98.6 Å². The molecule has 0 atom stereocenters. The van der Waals surface area contributed by atoms with Crippen LogP contribution >= 0.6 is 0 Å². The first-order valence-corrected chi connectivity index (χ1v) is 9.99. The van der Waals surface area contributed by atoms with E-state index in [1.807, 2.05) is 42.5 Å². The van der Waals surface area contributed by atoms with Crippen LogP contribution in [-0.2, 0) is 0 Å². The summed E-state index contributed by atoms with van der Waals surface area (Å²) >= 11 is 0. The third-order valence-corrected chi connectivity index (χ3v) is 5.23. The van der Waals surface area contributed by atoms with Gasteiger partial charge in [0.05, 0.1) is 21.6 Å². The van der Waals surface area contributed by atoms with Crippen LogP contribution in [0, 0.1) is 20.2 Å². The Labute approximate surface area is 190 Å². The molecule has 0 unspecified atom stereocenters. The molecule has 0 amide bonds. The van der Waals surface area contributed by atoms with Crippen molar-refractivity contribution < 1.29 is 19.4 Å². The van der Waals surface area contributed by atoms with Crippen LogP contribution in [0.3, 0.4) is 0 Å². The molecule has 0 aliphatic carbocycles. The number of phenols is 1. The number of aromatic hydroxyl groups is 1. The number of rotatable bonds is 5. The average Bonchev–Trinajstić information content (AvgIpc) is 3.26. The molecule has 0 aliphatic heterocycles. The van der Waals surface area contributed by atoms with Crippen LogP contribution in [0.2, 0.25) is 0 Å². The van der Waals surface area contributed by atoms with E-state index in [9.17, 15) is 25.3 Å². The lowest BCUT2D eigenvalue weighted by Crippen LogP contribution is -1.96. The van der Waals surface area contributed by atoms with Crippen LogP contribution in [0.15, 0.2) is 82.2 Å². The summed E-state index contributed by atoms with van der Waals surface area (Å²) in [6, 6.07) is 20.5. The van der Waals surface area contributed by atoms with Gasteiger partial charge in [-0.25, -0.2) is 4.98 Å². The van der Waals surface area contributed by atoms with Gasteiger partial charge in [0.1, 0.15) is 5.52 Å². The first-order valence-electron chi connectivity index (χ1n) is 9.99. The molecule has 10 heteroatoms. The van der Waals surface area contributed by atoms with Crippen molar-refractivity contribution >= 4 is 45.1 Å². The number of nitro groups is 2. The van der Waals surface area contributed by atoms with Gasteiger partial charge in [0, 0.05) is 23.4 Å². The number of oxazole rings is 1. The Balaban J connectivity index is 1.49. The van der Waals surface area contributed by atoms with E-state index in [1.54, 1.807) is 18.2 Å². The Morgan fingerprint density at radius 1 is 0.912 bits per heavy atom. The zero-order chi connectivity index (χ0) is 23.8. The molecule has 1 aromatic heterocycles. The van der Waals surface area contributed by atoms with Gasteiger partial charge in [0.25, 0.3) is 5.69 Å². The molecule has 0 radical (unpaired) electrons. The molecule has 166 valence electrons. The Morgan fingerprint density at radius 2 is 1.71 bits per heavy atom. The molecule has 0 aliphatic rings. The van der Waals surface area contributed by atoms with Gasteiger partial charge in [-0.15, -0.1) is 0 Å². The summed E-state index contributed by atoms with van der Waals surface area (Å²) in [5.41, 5.74) is 0.842. The van der Waals surface area contributed by atoms with Crippen molar-refractivity contribution in [1.29, 1.82) is 0 Å². The van der Waals surface area contributed by atoms with E-state index in [4.69, 9.17) is 4.42 Å². The molecule has 34 heavy (non-hydrogen) atoms. The molecule has 0 bridgehead atoms. The smallest absolute Gasteiger partial charge is 0.318 e. The van der Waals surface area contributed by atoms with Gasteiger partial charge in [0.2, 0.25) is 11.6 Å². The van der Waals surface area contributed by atoms with Crippen LogP contribution < -0.4 is 0 Å². The molecule has 4 aromatic carbocycles. The second-order valence-corrected chi connectivity index (χ2v) is 7.41. The SMILES string of the molecule is O=[N+]([O-])c1cc(C=Nc2ccc3oc(-c4ccc5ccccc5c4)nc3c2)c(O)c([N+](=O)[O-])c1. The Bertz CT molecular complexity index is 1640. The minimum atomic E-state index is -0.893. The highest BCUT2D eigenvalue weighted by molar-refractivity contribution is 5.90. The van der Waals surface area contributed by atoms with Crippen LogP contribution in [0.5, 0.6) is 5.75 Å². The average molecular weight is 454 g/mol. The summed E-state index contributed by atoms with van der Waals surface area (Å²) < 4.78 is 5.87. The molecule has 0 saturated carbocycles. The van der Waals surface area contributed by atoms with Gasteiger partial charge in [0.15, 0.2) is 5.58 Å².